The second-order valence-corrected chi connectivity index (χ2v) is 7.53. The van der Waals surface area contributed by atoms with Crippen molar-refractivity contribution in [2.45, 2.75) is 45.0 Å². The number of halogens is 3. The molecule has 0 aliphatic carbocycles. The first-order chi connectivity index (χ1) is 14.1. The number of hydrogen-bond donors (Lipinski definition) is 3. The maximum atomic E-state index is 13.2. The van der Waals surface area contributed by atoms with E-state index in [0.717, 1.165) is 0 Å². The molecule has 3 atom stereocenters. The molecule has 1 aromatic carbocycles. The molecule has 0 radical (unpaired) electrons. The van der Waals surface area contributed by atoms with Gasteiger partial charge >= 0.3 is 6.18 Å². The second-order valence-electron chi connectivity index (χ2n) is 7.53. The van der Waals surface area contributed by atoms with Gasteiger partial charge in [0.1, 0.15) is 6.10 Å². The molecule has 7 nitrogen and oxygen atoms in total. The van der Waals surface area contributed by atoms with Crippen molar-refractivity contribution in [1.82, 2.24) is 10.2 Å². The predicted octanol–water partition coefficient (Wildman–Crippen LogP) is 2.41. The van der Waals surface area contributed by atoms with Crippen molar-refractivity contribution in [2.75, 3.05) is 32.1 Å². The molecule has 0 bridgehead atoms. The number of benzene rings is 1. The molecule has 0 unspecified atom stereocenters. The zero-order valence-corrected chi connectivity index (χ0v) is 17.3. The van der Waals surface area contributed by atoms with E-state index in [1.807, 2.05) is 6.92 Å². The van der Waals surface area contributed by atoms with E-state index < -0.39 is 31.0 Å². The van der Waals surface area contributed by atoms with Crippen LogP contribution in [0.5, 0.6) is 5.75 Å². The molecule has 2 rings (SSSR count). The van der Waals surface area contributed by atoms with E-state index in [-0.39, 0.29) is 41.5 Å². The number of hydrogen-bond acceptors (Lipinski definition) is 5. The van der Waals surface area contributed by atoms with Crippen LogP contribution in [0.4, 0.5) is 18.9 Å². The lowest BCUT2D eigenvalue weighted by atomic mass is 9.99. The largest absolute Gasteiger partial charge is 0.486 e. The summed E-state index contributed by atoms with van der Waals surface area (Å²) in [7, 11) is 1.75. The summed E-state index contributed by atoms with van der Waals surface area (Å²) in [4.78, 5) is 26.8. The zero-order chi connectivity index (χ0) is 22.5. The SMILES string of the molecule is CNC[C@H]1Oc2c(NC(=O)CCC(F)(F)F)cccc2C(=O)N([C@H](C)CO)C[C@@H]1C. The van der Waals surface area contributed by atoms with Gasteiger partial charge in [0.15, 0.2) is 5.75 Å². The fraction of sp³-hybridized carbons (Fsp3) is 0.600. The summed E-state index contributed by atoms with van der Waals surface area (Å²) in [6.45, 7) is 4.21. The first kappa shape index (κ1) is 23.9. The predicted molar refractivity (Wildman–Crippen MR) is 105 cm³/mol. The molecule has 1 heterocycles. The molecular formula is C20H28F3N3O4. The van der Waals surface area contributed by atoms with Gasteiger partial charge in [0.05, 0.1) is 30.3 Å². The number of aliphatic hydroxyl groups excluding tert-OH is 1. The first-order valence-electron chi connectivity index (χ1n) is 9.80. The fourth-order valence-corrected chi connectivity index (χ4v) is 3.25. The van der Waals surface area contributed by atoms with E-state index in [4.69, 9.17) is 4.74 Å². The van der Waals surface area contributed by atoms with Gasteiger partial charge in [-0.25, -0.2) is 0 Å². The van der Waals surface area contributed by atoms with Crippen LogP contribution in [-0.4, -0.2) is 66.9 Å². The number of carbonyl (C=O) groups is 2. The van der Waals surface area contributed by atoms with Gasteiger partial charge in [0.25, 0.3) is 5.91 Å². The highest BCUT2D eigenvalue weighted by Crippen LogP contribution is 2.35. The van der Waals surface area contributed by atoms with Crippen LogP contribution in [0.1, 0.15) is 37.0 Å². The van der Waals surface area contributed by atoms with Crippen molar-refractivity contribution >= 4 is 17.5 Å². The third-order valence-electron chi connectivity index (χ3n) is 5.01. The topological polar surface area (TPSA) is 90.9 Å². The van der Waals surface area contributed by atoms with Crippen molar-refractivity contribution < 1.29 is 32.6 Å². The molecule has 168 valence electrons. The maximum absolute atomic E-state index is 13.2. The number of likely N-dealkylation sites (N-methyl/N-ethyl adjacent to an activating group) is 1. The number of anilines is 1. The standard InChI is InChI=1S/C20H28F3N3O4/c1-12-10-26(13(2)11-27)19(29)14-5-4-6-15(18(14)30-16(12)9-24-3)25-17(28)7-8-20(21,22)23/h4-6,12-13,16,24,27H,7-11H2,1-3H3,(H,25,28)/t12-,13+,16+/m0/s1. The molecule has 0 spiro atoms. The lowest BCUT2D eigenvalue weighted by molar-refractivity contribution is -0.142. The Labute approximate surface area is 173 Å². The maximum Gasteiger partial charge on any atom is 0.389 e. The van der Waals surface area contributed by atoms with Crippen LogP contribution >= 0.6 is 0 Å². The van der Waals surface area contributed by atoms with E-state index >= 15 is 0 Å². The normalized spacial score (nSPS) is 20.6. The molecule has 1 aromatic rings. The Morgan fingerprint density at radius 2 is 2.10 bits per heavy atom. The van der Waals surface area contributed by atoms with Crippen LogP contribution in [-0.2, 0) is 4.79 Å². The summed E-state index contributed by atoms with van der Waals surface area (Å²) < 4.78 is 43.4. The quantitative estimate of drug-likeness (QED) is 0.617. The van der Waals surface area contributed by atoms with Gasteiger partial charge in [0.2, 0.25) is 5.91 Å². The lowest BCUT2D eigenvalue weighted by Crippen LogP contribution is -2.49. The molecule has 0 saturated heterocycles. The van der Waals surface area contributed by atoms with Crippen molar-refractivity contribution in [3.63, 3.8) is 0 Å². The first-order valence-corrected chi connectivity index (χ1v) is 9.80. The Kier molecular flexibility index (Phi) is 8.08. The Morgan fingerprint density at radius 3 is 2.70 bits per heavy atom. The minimum absolute atomic E-state index is 0.113. The van der Waals surface area contributed by atoms with E-state index in [0.29, 0.717) is 13.1 Å². The monoisotopic (exact) mass is 431 g/mol. The smallest absolute Gasteiger partial charge is 0.389 e. The number of ether oxygens (including phenoxy) is 1. The highest BCUT2D eigenvalue weighted by Gasteiger charge is 2.34. The number of rotatable bonds is 7. The summed E-state index contributed by atoms with van der Waals surface area (Å²) >= 11 is 0. The van der Waals surface area contributed by atoms with E-state index in [1.165, 1.54) is 18.2 Å². The highest BCUT2D eigenvalue weighted by atomic mass is 19.4. The molecule has 2 amide bonds. The molecule has 0 fully saturated rings. The van der Waals surface area contributed by atoms with Crippen LogP contribution in [0.2, 0.25) is 0 Å². The van der Waals surface area contributed by atoms with E-state index in [2.05, 4.69) is 10.6 Å². The van der Waals surface area contributed by atoms with Gasteiger partial charge in [-0.1, -0.05) is 13.0 Å². The molecule has 3 N–H and O–H groups in total. The van der Waals surface area contributed by atoms with Gasteiger partial charge in [-0.3, -0.25) is 9.59 Å². The van der Waals surface area contributed by atoms with E-state index in [1.54, 1.807) is 18.9 Å². The van der Waals surface area contributed by atoms with Crippen LogP contribution in [0.3, 0.4) is 0 Å². The Hall–Kier alpha value is -2.33. The number of aliphatic hydroxyl groups is 1. The summed E-state index contributed by atoms with van der Waals surface area (Å²) in [5.74, 6) is -1.20. The van der Waals surface area contributed by atoms with Crippen molar-refractivity contribution in [3.8, 4) is 5.75 Å². The Balaban J connectivity index is 2.41. The molecule has 1 aliphatic rings. The number of para-hydroxylation sites is 1. The second kappa shape index (κ2) is 10.1. The Morgan fingerprint density at radius 1 is 1.40 bits per heavy atom. The molecule has 30 heavy (non-hydrogen) atoms. The van der Waals surface area contributed by atoms with Gasteiger partial charge in [-0.05, 0) is 26.1 Å². The molecule has 0 saturated carbocycles. The minimum atomic E-state index is -4.44. The van der Waals surface area contributed by atoms with E-state index in [9.17, 15) is 27.9 Å². The summed E-state index contributed by atoms with van der Waals surface area (Å²) in [5.41, 5.74) is 0.316. The number of nitrogens with one attached hydrogen (secondary N) is 2. The molecular weight excluding hydrogens is 403 g/mol. The zero-order valence-electron chi connectivity index (χ0n) is 17.3. The number of carbonyl (C=O) groups excluding carboxylic acids is 2. The average molecular weight is 431 g/mol. The highest BCUT2D eigenvalue weighted by molar-refractivity contribution is 6.01. The number of nitrogens with zero attached hydrogens (tertiary/aromatic N) is 1. The van der Waals surface area contributed by atoms with Gasteiger partial charge in [-0.2, -0.15) is 13.2 Å². The summed E-state index contributed by atoms with van der Waals surface area (Å²) in [6, 6.07) is 4.11. The third-order valence-corrected chi connectivity index (χ3v) is 5.01. The lowest BCUT2D eigenvalue weighted by Gasteiger charge is -2.37. The van der Waals surface area contributed by atoms with Crippen LogP contribution < -0.4 is 15.4 Å². The van der Waals surface area contributed by atoms with Crippen molar-refractivity contribution in [2.24, 2.45) is 5.92 Å². The number of alkyl halides is 3. The molecule has 10 heteroatoms. The molecule has 1 aliphatic heterocycles. The molecule has 0 aromatic heterocycles. The fourth-order valence-electron chi connectivity index (χ4n) is 3.25. The van der Waals surface area contributed by atoms with Gasteiger partial charge in [-0.15, -0.1) is 0 Å². The minimum Gasteiger partial charge on any atom is -0.486 e. The number of fused-ring (bicyclic) bond motifs is 1. The van der Waals surface area contributed by atoms with Gasteiger partial charge in [0, 0.05) is 25.4 Å². The van der Waals surface area contributed by atoms with Crippen LogP contribution in [0.25, 0.3) is 0 Å². The number of amides is 2. The third kappa shape index (κ3) is 6.09. The summed E-state index contributed by atoms with van der Waals surface area (Å²) in [5, 5.41) is 15.0. The van der Waals surface area contributed by atoms with Crippen LogP contribution in [0, 0.1) is 5.92 Å². The summed E-state index contributed by atoms with van der Waals surface area (Å²) in [6.07, 6.45) is -6.78. The Bertz CT molecular complexity index is 757. The van der Waals surface area contributed by atoms with Crippen molar-refractivity contribution in [3.05, 3.63) is 23.8 Å². The van der Waals surface area contributed by atoms with Crippen LogP contribution in [0.15, 0.2) is 18.2 Å². The average Bonchev–Trinajstić information content (AvgIpc) is 2.68. The van der Waals surface area contributed by atoms with Crippen molar-refractivity contribution in [1.29, 1.82) is 0 Å². The van der Waals surface area contributed by atoms with Gasteiger partial charge < -0.3 is 25.4 Å².